The second kappa shape index (κ2) is 4.97. The molecule has 0 spiro atoms. The highest BCUT2D eigenvalue weighted by Gasteiger charge is 2.41. The molecule has 6 nitrogen and oxygen atoms in total. The number of hydroxylamine groups is 2. The highest BCUT2D eigenvalue weighted by atomic mass is 19.4. The Morgan fingerprint density at radius 1 is 1.04 bits per heavy atom. The quantitative estimate of drug-likeness (QED) is 0.860. The molecule has 118 valence electrons. The third-order valence-corrected chi connectivity index (χ3v) is 3.20. The van der Waals surface area contributed by atoms with Gasteiger partial charge < -0.3 is 9.82 Å². The molecule has 0 aliphatic carbocycles. The number of H-pyrrole nitrogens is 1. The van der Waals surface area contributed by atoms with Gasteiger partial charge in [0.1, 0.15) is 0 Å². The predicted octanol–water partition coefficient (Wildman–Crippen LogP) is 2.40. The van der Waals surface area contributed by atoms with Crippen molar-refractivity contribution in [3.63, 3.8) is 0 Å². The maximum Gasteiger partial charge on any atom is 0.418 e. The SMILES string of the molecule is O=C(ON1C(=O)c2ccccc2C1=O)c1c[nH]cc1C(F)(F)F. The predicted molar refractivity (Wildman–Crippen MR) is 68.2 cm³/mol. The van der Waals surface area contributed by atoms with E-state index < -0.39 is 35.1 Å². The largest absolute Gasteiger partial charge is 0.418 e. The number of carbonyl (C=O) groups is 3. The highest BCUT2D eigenvalue weighted by molar-refractivity contribution is 6.21. The lowest BCUT2D eigenvalue weighted by Gasteiger charge is -2.13. The molecule has 1 aromatic carbocycles. The lowest BCUT2D eigenvalue weighted by atomic mass is 10.1. The maximum absolute atomic E-state index is 12.7. The number of aromatic amines is 1. The molecule has 0 radical (unpaired) electrons. The van der Waals surface area contributed by atoms with Crippen molar-refractivity contribution < 1.29 is 32.4 Å². The normalized spacial score (nSPS) is 14.1. The van der Waals surface area contributed by atoms with Gasteiger partial charge in [-0.3, -0.25) is 9.59 Å². The minimum Gasteiger partial charge on any atom is -0.366 e. The number of fused-ring (bicyclic) bond motifs is 1. The van der Waals surface area contributed by atoms with E-state index in [0.717, 1.165) is 6.20 Å². The van der Waals surface area contributed by atoms with Crippen molar-refractivity contribution in [2.24, 2.45) is 0 Å². The van der Waals surface area contributed by atoms with Crippen molar-refractivity contribution in [1.82, 2.24) is 10.0 Å². The van der Waals surface area contributed by atoms with Crippen molar-refractivity contribution in [3.8, 4) is 0 Å². The van der Waals surface area contributed by atoms with Crippen molar-refractivity contribution >= 4 is 17.8 Å². The summed E-state index contributed by atoms with van der Waals surface area (Å²) in [7, 11) is 0. The molecule has 0 saturated heterocycles. The zero-order valence-electron chi connectivity index (χ0n) is 11.2. The van der Waals surface area contributed by atoms with E-state index in [0.29, 0.717) is 6.20 Å². The number of aromatic nitrogens is 1. The second-order valence-corrected chi connectivity index (χ2v) is 4.61. The molecule has 0 unspecified atom stereocenters. The number of nitrogens with one attached hydrogen (secondary N) is 1. The topological polar surface area (TPSA) is 79.5 Å². The Labute approximate surface area is 126 Å². The van der Waals surface area contributed by atoms with Gasteiger partial charge in [-0.25, -0.2) is 4.79 Å². The Balaban J connectivity index is 1.87. The van der Waals surface area contributed by atoms with Gasteiger partial charge in [0, 0.05) is 12.4 Å². The van der Waals surface area contributed by atoms with Gasteiger partial charge in [-0.2, -0.15) is 13.2 Å². The maximum atomic E-state index is 12.7. The first-order valence-electron chi connectivity index (χ1n) is 6.25. The smallest absolute Gasteiger partial charge is 0.366 e. The summed E-state index contributed by atoms with van der Waals surface area (Å²) < 4.78 is 38.2. The van der Waals surface area contributed by atoms with E-state index in [-0.39, 0.29) is 16.2 Å². The van der Waals surface area contributed by atoms with E-state index in [1.165, 1.54) is 24.3 Å². The van der Waals surface area contributed by atoms with Gasteiger partial charge in [-0.05, 0) is 12.1 Å². The van der Waals surface area contributed by atoms with Crippen molar-refractivity contribution in [1.29, 1.82) is 0 Å². The Hall–Kier alpha value is -3.10. The standard InChI is InChI=1S/C14H7F3N2O4/c15-14(16,17)10-6-18-5-9(10)13(22)23-19-11(20)7-3-1-2-4-8(7)12(19)21/h1-6,18H. The zero-order valence-corrected chi connectivity index (χ0v) is 11.2. The molecule has 0 fully saturated rings. The number of imide groups is 1. The number of hydrogen-bond acceptors (Lipinski definition) is 4. The molecule has 2 aromatic rings. The molecule has 2 heterocycles. The average Bonchev–Trinajstić information content (AvgIpc) is 3.08. The van der Waals surface area contributed by atoms with Gasteiger partial charge in [0.25, 0.3) is 11.8 Å². The van der Waals surface area contributed by atoms with E-state index in [9.17, 15) is 27.6 Å². The van der Waals surface area contributed by atoms with Gasteiger partial charge in [-0.1, -0.05) is 17.2 Å². The molecule has 0 bridgehead atoms. The van der Waals surface area contributed by atoms with Crippen LogP contribution in [0.5, 0.6) is 0 Å². The average molecular weight is 324 g/mol. The summed E-state index contributed by atoms with van der Waals surface area (Å²) in [4.78, 5) is 42.6. The fourth-order valence-electron chi connectivity index (χ4n) is 2.15. The molecule has 23 heavy (non-hydrogen) atoms. The van der Waals surface area contributed by atoms with Crippen LogP contribution in [-0.4, -0.2) is 27.8 Å². The van der Waals surface area contributed by atoms with E-state index >= 15 is 0 Å². The molecule has 1 aliphatic rings. The Bertz CT molecular complexity index is 790. The minimum absolute atomic E-state index is 0.00964. The first kappa shape index (κ1) is 14.8. The third-order valence-electron chi connectivity index (χ3n) is 3.20. The number of alkyl halides is 3. The third kappa shape index (κ3) is 2.35. The number of hydrogen-bond donors (Lipinski definition) is 1. The molecule has 1 aromatic heterocycles. The van der Waals surface area contributed by atoms with E-state index in [2.05, 4.69) is 9.82 Å². The van der Waals surface area contributed by atoms with Crippen LogP contribution in [0.25, 0.3) is 0 Å². The van der Waals surface area contributed by atoms with Crippen LogP contribution in [-0.2, 0) is 11.0 Å². The number of nitrogens with zero attached hydrogens (tertiary/aromatic N) is 1. The number of carbonyl (C=O) groups excluding carboxylic acids is 3. The van der Waals surface area contributed by atoms with Crippen LogP contribution in [0.4, 0.5) is 13.2 Å². The van der Waals surface area contributed by atoms with E-state index in [1.807, 2.05) is 0 Å². The van der Waals surface area contributed by atoms with Crippen molar-refractivity contribution in [3.05, 3.63) is 58.9 Å². The Morgan fingerprint density at radius 3 is 2.13 bits per heavy atom. The van der Waals surface area contributed by atoms with Crippen LogP contribution in [0, 0.1) is 0 Å². The summed E-state index contributed by atoms with van der Waals surface area (Å²) >= 11 is 0. The molecular formula is C14H7F3N2O4. The lowest BCUT2D eigenvalue weighted by Crippen LogP contribution is -2.33. The zero-order chi connectivity index (χ0) is 16.8. The van der Waals surface area contributed by atoms with Crippen LogP contribution in [0.1, 0.15) is 36.6 Å². The van der Waals surface area contributed by atoms with Crippen LogP contribution in [0.3, 0.4) is 0 Å². The summed E-state index contributed by atoms with van der Waals surface area (Å²) in [5, 5.41) is 0.153. The van der Waals surface area contributed by atoms with Gasteiger partial charge in [0.2, 0.25) is 0 Å². The molecular weight excluding hydrogens is 317 g/mol. The second-order valence-electron chi connectivity index (χ2n) is 4.61. The lowest BCUT2D eigenvalue weighted by molar-refractivity contribution is -0.138. The summed E-state index contributed by atoms with van der Waals surface area (Å²) in [5.41, 5.74) is -2.06. The van der Waals surface area contributed by atoms with Crippen LogP contribution >= 0.6 is 0 Å². The molecule has 0 atom stereocenters. The molecule has 3 rings (SSSR count). The van der Waals surface area contributed by atoms with Crippen molar-refractivity contribution in [2.45, 2.75) is 6.18 Å². The van der Waals surface area contributed by atoms with Crippen LogP contribution in [0.2, 0.25) is 0 Å². The highest BCUT2D eigenvalue weighted by Crippen LogP contribution is 2.32. The Morgan fingerprint density at radius 2 is 1.61 bits per heavy atom. The first-order valence-corrected chi connectivity index (χ1v) is 6.25. The molecule has 1 aliphatic heterocycles. The van der Waals surface area contributed by atoms with E-state index in [4.69, 9.17) is 0 Å². The van der Waals surface area contributed by atoms with Gasteiger partial charge in [0.15, 0.2) is 0 Å². The summed E-state index contributed by atoms with van der Waals surface area (Å²) in [5.74, 6) is -3.29. The summed E-state index contributed by atoms with van der Waals surface area (Å²) in [6.07, 6.45) is -3.42. The van der Waals surface area contributed by atoms with Crippen molar-refractivity contribution in [2.75, 3.05) is 0 Å². The fourth-order valence-corrected chi connectivity index (χ4v) is 2.15. The monoisotopic (exact) mass is 324 g/mol. The van der Waals surface area contributed by atoms with Crippen LogP contribution < -0.4 is 0 Å². The van der Waals surface area contributed by atoms with Gasteiger partial charge >= 0.3 is 12.1 Å². The summed E-state index contributed by atoms with van der Waals surface area (Å²) in [6.45, 7) is 0. The molecule has 2 amide bonds. The fraction of sp³-hybridized carbons (Fsp3) is 0.0714. The van der Waals surface area contributed by atoms with Gasteiger partial charge in [0.05, 0.1) is 22.3 Å². The van der Waals surface area contributed by atoms with Gasteiger partial charge in [-0.15, -0.1) is 0 Å². The molecule has 0 saturated carbocycles. The number of halogens is 3. The minimum atomic E-state index is -4.78. The van der Waals surface area contributed by atoms with E-state index in [1.54, 1.807) is 0 Å². The number of benzene rings is 1. The molecule has 9 heteroatoms. The van der Waals surface area contributed by atoms with Crippen LogP contribution in [0.15, 0.2) is 36.7 Å². The Kier molecular flexibility index (Phi) is 3.20. The summed E-state index contributed by atoms with van der Waals surface area (Å²) in [6, 6.07) is 5.70. The first-order chi connectivity index (χ1) is 10.8. The molecule has 1 N–H and O–H groups in total. The number of amides is 2. The number of rotatable bonds is 2.